The van der Waals surface area contributed by atoms with Gasteiger partial charge in [0.05, 0.1) is 5.69 Å². The number of nitrogens with one attached hydrogen (secondary N) is 1. The fourth-order valence-corrected chi connectivity index (χ4v) is 2.25. The smallest absolute Gasteiger partial charge is 0.169 e. The van der Waals surface area contributed by atoms with Crippen LogP contribution in [0, 0.1) is 25.2 Å². The first-order chi connectivity index (χ1) is 8.54. The third-order valence-corrected chi connectivity index (χ3v) is 3.58. The zero-order valence-electron chi connectivity index (χ0n) is 11.4. The van der Waals surface area contributed by atoms with E-state index in [1.807, 2.05) is 13.8 Å². The molecule has 0 spiro atoms. The molecule has 1 aromatic heterocycles. The van der Waals surface area contributed by atoms with Crippen molar-refractivity contribution in [2.75, 3.05) is 18.0 Å². The van der Waals surface area contributed by atoms with Crippen molar-refractivity contribution < 1.29 is 0 Å². The molecule has 0 aliphatic carbocycles. The van der Waals surface area contributed by atoms with Gasteiger partial charge in [-0.15, -0.1) is 5.10 Å². The summed E-state index contributed by atoms with van der Waals surface area (Å²) in [6.45, 7) is 9.85. The third-order valence-electron chi connectivity index (χ3n) is 3.58. The van der Waals surface area contributed by atoms with E-state index in [1.165, 1.54) is 0 Å². The molecule has 2 atom stereocenters. The van der Waals surface area contributed by atoms with Crippen molar-refractivity contribution in [1.82, 2.24) is 15.5 Å². The van der Waals surface area contributed by atoms with Crippen LogP contribution in [-0.4, -0.2) is 35.4 Å². The Morgan fingerprint density at radius 3 is 2.72 bits per heavy atom. The average Bonchev–Trinajstić information content (AvgIpc) is 2.35. The fraction of sp³-hybridized carbons (Fsp3) is 0.615. The number of nitrogens with zero attached hydrogens (tertiary/aromatic N) is 4. The number of rotatable bonds is 1. The highest BCUT2D eigenvalue weighted by Crippen LogP contribution is 2.24. The Morgan fingerprint density at radius 2 is 2.06 bits per heavy atom. The molecule has 0 radical (unpaired) electrons. The largest absolute Gasteiger partial charge is 0.348 e. The van der Waals surface area contributed by atoms with E-state index in [-0.39, 0.29) is 0 Å². The molecule has 0 aromatic carbocycles. The summed E-state index contributed by atoms with van der Waals surface area (Å²) in [5, 5.41) is 21.2. The van der Waals surface area contributed by atoms with Gasteiger partial charge < -0.3 is 10.2 Å². The van der Waals surface area contributed by atoms with Crippen LogP contribution in [0.15, 0.2) is 0 Å². The first-order valence-corrected chi connectivity index (χ1v) is 6.28. The zero-order valence-corrected chi connectivity index (χ0v) is 11.4. The number of nitriles is 1. The van der Waals surface area contributed by atoms with Gasteiger partial charge in [-0.3, -0.25) is 0 Å². The number of anilines is 1. The minimum atomic E-state index is 0.324. The molecule has 18 heavy (non-hydrogen) atoms. The van der Waals surface area contributed by atoms with Crippen molar-refractivity contribution in [3.8, 4) is 6.07 Å². The molecule has 96 valence electrons. The lowest BCUT2D eigenvalue weighted by Gasteiger charge is -2.38. The van der Waals surface area contributed by atoms with Crippen molar-refractivity contribution in [3.63, 3.8) is 0 Å². The van der Waals surface area contributed by atoms with Gasteiger partial charge in [0, 0.05) is 25.2 Å². The van der Waals surface area contributed by atoms with E-state index < -0.39 is 0 Å². The van der Waals surface area contributed by atoms with Crippen LogP contribution in [0.5, 0.6) is 0 Å². The van der Waals surface area contributed by atoms with E-state index in [0.29, 0.717) is 17.6 Å². The monoisotopic (exact) mass is 245 g/mol. The molecule has 5 heteroatoms. The normalized spacial score (nSPS) is 23.8. The zero-order chi connectivity index (χ0) is 13.3. The van der Waals surface area contributed by atoms with Gasteiger partial charge in [0.2, 0.25) is 0 Å². The second-order valence-corrected chi connectivity index (χ2v) is 5.03. The Kier molecular flexibility index (Phi) is 3.48. The molecule has 1 aliphatic heterocycles. The molecule has 0 bridgehead atoms. The number of hydrogen-bond acceptors (Lipinski definition) is 5. The molecule has 0 saturated carbocycles. The van der Waals surface area contributed by atoms with Crippen LogP contribution < -0.4 is 10.2 Å². The van der Waals surface area contributed by atoms with Gasteiger partial charge in [0.15, 0.2) is 5.82 Å². The summed E-state index contributed by atoms with van der Waals surface area (Å²) in [7, 11) is 0. The Labute approximate surface area is 108 Å². The van der Waals surface area contributed by atoms with E-state index in [2.05, 4.69) is 40.3 Å². The molecular formula is C13H19N5. The van der Waals surface area contributed by atoms with Crippen LogP contribution in [0.1, 0.15) is 30.7 Å². The van der Waals surface area contributed by atoms with Crippen LogP contribution in [0.4, 0.5) is 5.82 Å². The summed E-state index contributed by atoms with van der Waals surface area (Å²) in [6, 6.07) is 3.00. The quantitative estimate of drug-likeness (QED) is 0.804. The second kappa shape index (κ2) is 4.91. The molecule has 1 N–H and O–H groups in total. The Morgan fingerprint density at radius 1 is 1.33 bits per heavy atom. The molecule has 5 nitrogen and oxygen atoms in total. The van der Waals surface area contributed by atoms with Crippen LogP contribution in [0.25, 0.3) is 0 Å². The van der Waals surface area contributed by atoms with E-state index in [1.54, 1.807) is 0 Å². The Hall–Kier alpha value is -1.67. The number of aryl methyl sites for hydroxylation is 1. The van der Waals surface area contributed by atoms with Crippen LogP contribution in [0.3, 0.4) is 0 Å². The fourth-order valence-electron chi connectivity index (χ4n) is 2.25. The maximum absolute atomic E-state index is 9.35. The maximum atomic E-state index is 9.35. The number of hydrogen-bond donors (Lipinski definition) is 1. The molecule has 1 aromatic rings. The molecule has 1 saturated heterocycles. The summed E-state index contributed by atoms with van der Waals surface area (Å²) in [4.78, 5) is 2.18. The highest BCUT2D eigenvalue weighted by atomic mass is 15.3. The molecule has 1 fully saturated rings. The average molecular weight is 245 g/mol. The molecule has 0 amide bonds. The summed E-state index contributed by atoms with van der Waals surface area (Å²) in [5.74, 6) is 0.724. The highest BCUT2D eigenvalue weighted by Gasteiger charge is 2.26. The van der Waals surface area contributed by atoms with Gasteiger partial charge in [-0.25, -0.2) is 0 Å². The van der Waals surface area contributed by atoms with Crippen molar-refractivity contribution in [3.05, 3.63) is 16.8 Å². The van der Waals surface area contributed by atoms with Crippen molar-refractivity contribution in [1.29, 1.82) is 5.26 Å². The lowest BCUT2D eigenvalue weighted by atomic mass is 10.1. The standard InChI is InChI=1S/C13H19N5/c1-8-7-18(9(2)6-15-8)13-12(5-14)10(3)11(4)16-17-13/h8-9,15H,6-7H2,1-4H3. The first kappa shape index (κ1) is 12.8. The van der Waals surface area contributed by atoms with Gasteiger partial charge >= 0.3 is 0 Å². The number of aromatic nitrogens is 2. The minimum absolute atomic E-state index is 0.324. The van der Waals surface area contributed by atoms with E-state index >= 15 is 0 Å². The van der Waals surface area contributed by atoms with Gasteiger partial charge in [0.1, 0.15) is 11.6 Å². The van der Waals surface area contributed by atoms with Gasteiger partial charge in [-0.1, -0.05) is 0 Å². The van der Waals surface area contributed by atoms with E-state index in [0.717, 1.165) is 30.2 Å². The molecule has 2 unspecified atom stereocenters. The SMILES string of the molecule is Cc1nnc(N2CC(C)NCC2C)c(C#N)c1C. The van der Waals surface area contributed by atoms with E-state index in [4.69, 9.17) is 0 Å². The summed E-state index contributed by atoms with van der Waals surface area (Å²) < 4.78 is 0. The maximum Gasteiger partial charge on any atom is 0.169 e. The Bertz CT molecular complexity index is 491. The number of piperazine rings is 1. The van der Waals surface area contributed by atoms with Crippen molar-refractivity contribution in [2.24, 2.45) is 0 Å². The lowest BCUT2D eigenvalue weighted by Crippen LogP contribution is -2.55. The van der Waals surface area contributed by atoms with Crippen LogP contribution in [-0.2, 0) is 0 Å². The van der Waals surface area contributed by atoms with Crippen LogP contribution in [0.2, 0.25) is 0 Å². The van der Waals surface area contributed by atoms with Gasteiger partial charge in [-0.2, -0.15) is 10.4 Å². The minimum Gasteiger partial charge on any atom is -0.348 e. The van der Waals surface area contributed by atoms with Gasteiger partial charge in [-0.05, 0) is 33.3 Å². The highest BCUT2D eigenvalue weighted by molar-refractivity contribution is 5.58. The van der Waals surface area contributed by atoms with E-state index in [9.17, 15) is 5.26 Å². The predicted molar refractivity (Wildman–Crippen MR) is 70.5 cm³/mol. The Balaban J connectivity index is 2.44. The first-order valence-electron chi connectivity index (χ1n) is 6.28. The molecule has 2 rings (SSSR count). The van der Waals surface area contributed by atoms with Crippen LogP contribution >= 0.6 is 0 Å². The van der Waals surface area contributed by atoms with Crippen molar-refractivity contribution in [2.45, 2.75) is 39.8 Å². The molecular weight excluding hydrogens is 226 g/mol. The second-order valence-electron chi connectivity index (χ2n) is 5.03. The molecule has 2 heterocycles. The predicted octanol–water partition coefficient (Wildman–Crippen LogP) is 1.15. The topological polar surface area (TPSA) is 64.8 Å². The summed E-state index contributed by atoms with van der Waals surface area (Å²) in [5.41, 5.74) is 2.41. The van der Waals surface area contributed by atoms with Crippen molar-refractivity contribution >= 4 is 5.82 Å². The third kappa shape index (κ3) is 2.16. The van der Waals surface area contributed by atoms with Gasteiger partial charge in [0.25, 0.3) is 0 Å². The summed E-state index contributed by atoms with van der Waals surface area (Å²) >= 11 is 0. The lowest BCUT2D eigenvalue weighted by molar-refractivity contribution is 0.421. The molecule has 1 aliphatic rings. The summed E-state index contributed by atoms with van der Waals surface area (Å²) in [6.07, 6.45) is 0.